The number of carbonyl (C=O) groups is 2. The highest BCUT2D eigenvalue weighted by atomic mass is 79.9. The average Bonchev–Trinajstić information content (AvgIpc) is 2.66. The van der Waals surface area contributed by atoms with Crippen LogP contribution in [0.3, 0.4) is 0 Å². The van der Waals surface area contributed by atoms with Crippen molar-refractivity contribution in [1.29, 1.82) is 0 Å². The van der Waals surface area contributed by atoms with Crippen molar-refractivity contribution in [3.8, 4) is 0 Å². The summed E-state index contributed by atoms with van der Waals surface area (Å²) in [6, 6.07) is 7.47. The molecule has 0 aromatic heterocycles. The molecule has 1 aliphatic rings. The predicted molar refractivity (Wildman–Crippen MR) is 74.9 cm³/mol. The number of hydrogen-bond acceptors (Lipinski definition) is 4. The fourth-order valence-electron chi connectivity index (χ4n) is 1.82. The van der Waals surface area contributed by atoms with E-state index in [1.54, 1.807) is 6.08 Å². The number of hydrogen-bond donors (Lipinski definition) is 1. The molecular weight excluding hydrogens is 310 g/mol. The van der Waals surface area contributed by atoms with Crippen LogP contribution in [0.5, 0.6) is 0 Å². The number of methoxy groups -OCH3 is 1. The average molecular weight is 322 g/mol. The van der Waals surface area contributed by atoms with E-state index in [2.05, 4.69) is 32.6 Å². The summed E-state index contributed by atoms with van der Waals surface area (Å²) in [7, 11) is 1.25. The molecule has 1 aromatic carbocycles. The summed E-state index contributed by atoms with van der Waals surface area (Å²) < 4.78 is 5.55. The van der Waals surface area contributed by atoms with Crippen LogP contribution in [0.4, 0.5) is 0 Å². The number of carbonyl (C=O) groups excluding carboxylic acids is 2. The molecule has 1 aliphatic heterocycles. The normalized spacial score (nSPS) is 20.5. The third kappa shape index (κ3) is 2.76. The van der Waals surface area contributed by atoms with Crippen LogP contribution >= 0.6 is 15.9 Å². The Kier molecular flexibility index (Phi) is 3.85. The van der Waals surface area contributed by atoms with Crippen LogP contribution in [0.15, 0.2) is 46.7 Å². The SMILES string of the molecule is C=C1NC(=Cc2ccc(Br)cc2)C(=O)C1C(=O)OC. The van der Waals surface area contributed by atoms with Crippen molar-refractivity contribution in [2.45, 2.75) is 0 Å². The Hall–Kier alpha value is -1.88. The number of allylic oxidation sites excluding steroid dienone is 1. The van der Waals surface area contributed by atoms with Crippen LogP contribution < -0.4 is 5.32 Å². The zero-order valence-corrected chi connectivity index (χ0v) is 11.9. The van der Waals surface area contributed by atoms with Gasteiger partial charge in [-0.2, -0.15) is 0 Å². The maximum absolute atomic E-state index is 12.1. The lowest BCUT2D eigenvalue weighted by molar-refractivity contribution is -0.146. The first-order valence-corrected chi connectivity index (χ1v) is 6.37. The Bertz CT molecular complexity index is 575. The van der Waals surface area contributed by atoms with Crippen molar-refractivity contribution < 1.29 is 14.3 Å². The summed E-state index contributed by atoms with van der Waals surface area (Å²) in [6.45, 7) is 3.68. The molecule has 1 heterocycles. The molecule has 2 rings (SSSR count). The number of rotatable bonds is 2. The van der Waals surface area contributed by atoms with Gasteiger partial charge in [0, 0.05) is 10.2 Å². The molecule has 5 heteroatoms. The minimum absolute atomic E-state index is 0.320. The van der Waals surface area contributed by atoms with E-state index in [-0.39, 0.29) is 5.78 Å². The number of benzene rings is 1. The highest BCUT2D eigenvalue weighted by Gasteiger charge is 2.38. The fraction of sp³-hybridized carbons (Fsp3) is 0.143. The number of nitrogens with one attached hydrogen (secondary N) is 1. The number of ketones is 1. The lowest BCUT2D eigenvalue weighted by atomic mass is 10.0. The summed E-state index contributed by atoms with van der Waals surface area (Å²) in [5.74, 6) is -1.87. The molecule has 1 N–H and O–H groups in total. The van der Waals surface area contributed by atoms with Crippen molar-refractivity contribution in [3.63, 3.8) is 0 Å². The summed E-state index contributed by atoms with van der Waals surface area (Å²) in [4.78, 5) is 23.6. The fourth-order valence-corrected chi connectivity index (χ4v) is 2.08. The van der Waals surface area contributed by atoms with Gasteiger partial charge in [0.05, 0.1) is 12.8 Å². The molecule has 98 valence electrons. The minimum Gasteiger partial charge on any atom is -0.468 e. The predicted octanol–water partition coefficient (Wildman–Crippen LogP) is 2.27. The molecule has 1 aromatic rings. The topological polar surface area (TPSA) is 55.4 Å². The molecule has 0 aliphatic carbocycles. The van der Waals surface area contributed by atoms with Crippen molar-refractivity contribution in [2.24, 2.45) is 5.92 Å². The quantitative estimate of drug-likeness (QED) is 0.516. The van der Waals surface area contributed by atoms with Gasteiger partial charge in [0.15, 0.2) is 11.7 Å². The minimum atomic E-state index is -0.952. The van der Waals surface area contributed by atoms with Gasteiger partial charge in [-0.1, -0.05) is 34.6 Å². The molecular formula is C14H12BrNO3. The summed E-state index contributed by atoms with van der Waals surface area (Å²) in [5.41, 5.74) is 1.56. The van der Waals surface area contributed by atoms with Gasteiger partial charge in [-0.25, -0.2) is 0 Å². The first-order valence-electron chi connectivity index (χ1n) is 5.58. The largest absolute Gasteiger partial charge is 0.468 e. The highest BCUT2D eigenvalue weighted by molar-refractivity contribution is 9.10. The van der Waals surface area contributed by atoms with Crippen LogP contribution in [0, 0.1) is 5.92 Å². The number of Topliss-reactive ketones (excluding diaryl/α,β-unsaturated/α-hetero) is 1. The molecule has 4 nitrogen and oxygen atoms in total. The Morgan fingerprint density at radius 2 is 2.05 bits per heavy atom. The number of esters is 1. The van der Waals surface area contributed by atoms with E-state index >= 15 is 0 Å². The van der Waals surface area contributed by atoms with Gasteiger partial charge in [-0.3, -0.25) is 9.59 Å². The van der Waals surface area contributed by atoms with E-state index in [1.807, 2.05) is 24.3 Å². The van der Waals surface area contributed by atoms with Crippen molar-refractivity contribution >= 4 is 33.8 Å². The van der Waals surface area contributed by atoms with Gasteiger partial charge >= 0.3 is 5.97 Å². The first-order chi connectivity index (χ1) is 9.02. The maximum Gasteiger partial charge on any atom is 0.322 e. The van der Waals surface area contributed by atoms with Gasteiger partial charge in [-0.15, -0.1) is 0 Å². The zero-order chi connectivity index (χ0) is 14.0. The second kappa shape index (κ2) is 5.40. The van der Waals surface area contributed by atoms with Crippen molar-refractivity contribution in [1.82, 2.24) is 5.32 Å². The van der Waals surface area contributed by atoms with Gasteiger partial charge in [0.1, 0.15) is 0 Å². The Labute approximate surface area is 119 Å². The van der Waals surface area contributed by atoms with Gasteiger partial charge in [0.25, 0.3) is 0 Å². The molecule has 1 fully saturated rings. The second-order valence-corrected chi connectivity index (χ2v) is 5.00. The van der Waals surface area contributed by atoms with Crippen LogP contribution in [-0.4, -0.2) is 18.9 Å². The summed E-state index contributed by atoms with van der Waals surface area (Å²) >= 11 is 3.34. The van der Waals surface area contributed by atoms with E-state index in [9.17, 15) is 9.59 Å². The maximum atomic E-state index is 12.1. The molecule has 19 heavy (non-hydrogen) atoms. The van der Waals surface area contributed by atoms with E-state index in [1.165, 1.54) is 7.11 Å². The lowest BCUT2D eigenvalue weighted by Gasteiger charge is -2.03. The zero-order valence-electron chi connectivity index (χ0n) is 10.3. The molecule has 0 radical (unpaired) electrons. The number of ether oxygens (including phenoxy) is 1. The lowest BCUT2D eigenvalue weighted by Crippen LogP contribution is -2.21. The van der Waals surface area contributed by atoms with Gasteiger partial charge < -0.3 is 10.1 Å². The Morgan fingerprint density at radius 1 is 1.42 bits per heavy atom. The smallest absolute Gasteiger partial charge is 0.322 e. The third-order valence-corrected chi connectivity index (χ3v) is 3.32. The molecule has 1 saturated heterocycles. The van der Waals surface area contributed by atoms with Crippen LogP contribution in [0.25, 0.3) is 6.08 Å². The molecule has 1 unspecified atom stereocenters. The van der Waals surface area contributed by atoms with Crippen LogP contribution in [0.1, 0.15) is 5.56 Å². The standard InChI is InChI=1S/C14H12BrNO3/c1-8-12(14(18)19-2)13(17)11(16-8)7-9-3-5-10(15)6-4-9/h3-7,12,16H,1H2,2H3. The Balaban J connectivity index is 2.28. The molecule has 0 amide bonds. The van der Waals surface area contributed by atoms with Crippen LogP contribution in [-0.2, 0) is 14.3 Å². The number of halogens is 1. The molecule has 0 saturated carbocycles. The molecule has 0 spiro atoms. The van der Waals surface area contributed by atoms with Gasteiger partial charge in [-0.05, 0) is 23.8 Å². The molecule has 0 bridgehead atoms. The van der Waals surface area contributed by atoms with Gasteiger partial charge in [0.2, 0.25) is 0 Å². The first kappa shape index (κ1) is 13.5. The Morgan fingerprint density at radius 3 is 2.63 bits per heavy atom. The summed E-state index contributed by atoms with van der Waals surface area (Å²) in [5, 5.41) is 2.84. The van der Waals surface area contributed by atoms with Crippen molar-refractivity contribution in [3.05, 3.63) is 52.3 Å². The second-order valence-electron chi connectivity index (χ2n) is 4.08. The summed E-state index contributed by atoms with van der Waals surface area (Å²) in [6.07, 6.45) is 1.68. The van der Waals surface area contributed by atoms with Crippen LogP contribution in [0.2, 0.25) is 0 Å². The third-order valence-electron chi connectivity index (χ3n) is 2.79. The molecule has 1 atom stereocenters. The van der Waals surface area contributed by atoms with E-state index in [0.717, 1.165) is 10.0 Å². The monoisotopic (exact) mass is 321 g/mol. The van der Waals surface area contributed by atoms with E-state index in [4.69, 9.17) is 0 Å². The van der Waals surface area contributed by atoms with Crippen molar-refractivity contribution in [2.75, 3.05) is 7.11 Å². The van der Waals surface area contributed by atoms with E-state index in [0.29, 0.717) is 11.4 Å². The van der Waals surface area contributed by atoms with E-state index < -0.39 is 11.9 Å². The highest BCUT2D eigenvalue weighted by Crippen LogP contribution is 2.24.